The van der Waals surface area contributed by atoms with Gasteiger partial charge < -0.3 is 19.4 Å². The topological polar surface area (TPSA) is 37.6 Å². The van der Waals surface area contributed by atoms with Gasteiger partial charge in [0.25, 0.3) is 0 Å². The first kappa shape index (κ1) is 16.5. The van der Waals surface area contributed by atoms with Crippen molar-refractivity contribution in [3.05, 3.63) is 24.2 Å². The molecule has 120 valence electrons. The molecule has 2 rings (SSSR count). The molecule has 1 saturated heterocycles. The average Bonchev–Trinajstić information content (AvgIpc) is 2.91. The van der Waals surface area contributed by atoms with Crippen LogP contribution in [-0.4, -0.2) is 44.8 Å². The molecule has 1 unspecified atom stereocenters. The maximum absolute atomic E-state index is 5.79. The van der Waals surface area contributed by atoms with Crippen LogP contribution in [0.5, 0.6) is 0 Å². The predicted octanol–water partition coefficient (Wildman–Crippen LogP) is 2.75. The number of ether oxygens (including phenoxy) is 1. The Labute approximate surface area is 128 Å². The van der Waals surface area contributed by atoms with Gasteiger partial charge in [-0.3, -0.25) is 0 Å². The van der Waals surface area contributed by atoms with Gasteiger partial charge in [0.1, 0.15) is 0 Å². The molecule has 0 saturated carbocycles. The van der Waals surface area contributed by atoms with E-state index in [4.69, 9.17) is 9.15 Å². The first-order valence-electron chi connectivity index (χ1n) is 8.08. The molecule has 0 radical (unpaired) electrons. The monoisotopic (exact) mass is 294 g/mol. The van der Waals surface area contributed by atoms with Gasteiger partial charge in [-0.15, -0.1) is 0 Å². The van der Waals surface area contributed by atoms with Gasteiger partial charge in [0.2, 0.25) is 0 Å². The van der Waals surface area contributed by atoms with Crippen molar-refractivity contribution < 1.29 is 9.15 Å². The summed E-state index contributed by atoms with van der Waals surface area (Å²) < 4.78 is 11.0. The van der Waals surface area contributed by atoms with E-state index < -0.39 is 0 Å². The minimum absolute atomic E-state index is 0.242. The molecule has 4 nitrogen and oxygen atoms in total. The third kappa shape index (κ3) is 5.46. The van der Waals surface area contributed by atoms with Crippen LogP contribution in [0, 0.1) is 11.3 Å². The van der Waals surface area contributed by atoms with Gasteiger partial charge in [-0.25, -0.2) is 0 Å². The van der Waals surface area contributed by atoms with Gasteiger partial charge in [-0.2, -0.15) is 0 Å². The SMILES string of the molecule is CC(C)CNCC1(CN(C)Cc2ccoc2)CCCOC1. The quantitative estimate of drug-likeness (QED) is 0.800. The second-order valence-corrected chi connectivity index (χ2v) is 6.98. The van der Waals surface area contributed by atoms with E-state index in [0.717, 1.165) is 39.4 Å². The largest absolute Gasteiger partial charge is 0.472 e. The van der Waals surface area contributed by atoms with Gasteiger partial charge in [-0.05, 0) is 38.4 Å². The fraction of sp³-hybridized carbons (Fsp3) is 0.765. The van der Waals surface area contributed by atoms with Crippen molar-refractivity contribution in [1.29, 1.82) is 0 Å². The number of nitrogens with one attached hydrogen (secondary N) is 1. The van der Waals surface area contributed by atoms with Crippen molar-refractivity contribution in [2.24, 2.45) is 11.3 Å². The van der Waals surface area contributed by atoms with Crippen molar-refractivity contribution in [1.82, 2.24) is 10.2 Å². The summed E-state index contributed by atoms with van der Waals surface area (Å²) in [4.78, 5) is 2.39. The maximum atomic E-state index is 5.79. The van der Waals surface area contributed by atoms with Crippen LogP contribution in [0.4, 0.5) is 0 Å². The van der Waals surface area contributed by atoms with Crippen molar-refractivity contribution in [3.8, 4) is 0 Å². The maximum Gasteiger partial charge on any atom is 0.0947 e. The second kappa shape index (κ2) is 7.97. The van der Waals surface area contributed by atoms with Crippen LogP contribution >= 0.6 is 0 Å². The van der Waals surface area contributed by atoms with E-state index in [-0.39, 0.29) is 5.41 Å². The molecule has 4 heteroatoms. The lowest BCUT2D eigenvalue weighted by Crippen LogP contribution is -2.48. The summed E-state index contributed by atoms with van der Waals surface area (Å²) in [5, 5.41) is 3.63. The van der Waals surface area contributed by atoms with Crippen molar-refractivity contribution in [2.75, 3.05) is 39.9 Å². The number of rotatable bonds is 8. The van der Waals surface area contributed by atoms with Crippen LogP contribution in [0.15, 0.2) is 23.0 Å². The van der Waals surface area contributed by atoms with E-state index in [1.807, 2.05) is 12.3 Å². The number of hydrogen-bond acceptors (Lipinski definition) is 4. The molecule has 0 amide bonds. The second-order valence-electron chi connectivity index (χ2n) is 6.98. The zero-order valence-electron chi connectivity index (χ0n) is 13.7. The molecule has 1 aromatic rings. The predicted molar refractivity (Wildman–Crippen MR) is 85.2 cm³/mol. The van der Waals surface area contributed by atoms with E-state index in [0.29, 0.717) is 5.92 Å². The van der Waals surface area contributed by atoms with Crippen LogP contribution in [0.25, 0.3) is 0 Å². The summed E-state index contributed by atoms with van der Waals surface area (Å²) in [5.41, 5.74) is 1.48. The smallest absolute Gasteiger partial charge is 0.0947 e. The van der Waals surface area contributed by atoms with Crippen molar-refractivity contribution >= 4 is 0 Å². The molecular formula is C17H30N2O2. The van der Waals surface area contributed by atoms with Crippen LogP contribution in [0.2, 0.25) is 0 Å². The highest BCUT2D eigenvalue weighted by molar-refractivity contribution is 5.05. The highest BCUT2D eigenvalue weighted by Gasteiger charge is 2.33. The molecule has 1 aromatic heterocycles. The van der Waals surface area contributed by atoms with Crippen molar-refractivity contribution in [2.45, 2.75) is 33.2 Å². The van der Waals surface area contributed by atoms with E-state index in [9.17, 15) is 0 Å². The Hall–Kier alpha value is -0.840. The minimum atomic E-state index is 0.242. The minimum Gasteiger partial charge on any atom is -0.472 e. The Morgan fingerprint density at radius 1 is 1.43 bits per heavy atom. The Bertz CT molecular complexity index is 384. The molecule has 0 bridgehead atoms. The number of nitrogens with zero attached hydrogens (tertiary/aromatic N) is 1. The van der Waals surface area contributed by atoms with Gasteiger partial charge in [-0.1, -0.05) is 13.8 Å². The molecule has 1 N–H and O–H groups in total. The molecule has 21 heavy (non-hydrogen) atoms. The third-order valence-electron chi connectivity index (χ3n) is 4.09. The molecule has 0 aliphatic carbocycles. The van der Waals surface area contributed by atoms with Crippen LogP contribution in [-0.2, 0) is 11.3 Å². The van der Waals surface area contributed by atoms with Gasteiger partial charge >= 0.3 is 0 Å². The molecule has 0 aromatic carbocycles. The van der Waals surface area contributed by atoms with E-state index in [1.54, 1.807) is 6.26 Å². The first-order chi connectivity index (χ1) is 10.1. The third-order valence-corrected chi connectivity index (χ3v) is 4.09. The van der Waals surface area contributed by atoms with E-state index in [1.165, 1.54) is 18.4 Å². The summed E-state index contributed by atoms with van der Waals surface area (Å²) in [7, 11) is 2.19. The summed E-state index contributed by atoms with van der Waals surface area (Å²) >= 11 is 0. The number of hydrogen-bond donors (Lipinski definition) is 1. The summed E-state index contributed by atoms with van der Waals surface area (Å²) in [6.07, 6.45) is 5.99. The highest BCUT2D eigenvalue weighted by atomic mass is 16.5. The summed E-state index contributed by atoms with van der Waals surface area (Å²) in [6, 6.07) is 2.04. The van der Waals surface area contributed by atoms with Gasteiger partial charge in [0.15, 0.2) is 0 Å². The van der Waals surface area contributed by atoms with E-state index in [2.05, 4.69) is 31.1 Å². The first-order valence-corrected chi connectivity index (χ1v) is 8.08. The highest BCUT2D eigenvalue weighted by Crippen LogP contribution is 2.29. The van der Waals surface area contributed by atoms with Gasteiger partial charge in [0.05, 0.1) is 19.1 Å². The Kier molecular flexibility index (Phi) is 6.27. The molecule has 1 aliphatic rings. The molecule has 2 heterocycles. The fourth-order valence-electron chi connectivity index (χ4n) is 3.18. The van der Waals surface area contributed by atoms with Crippen LogP contribution in [0.3, 0.4) is 0 Å². The molecule has 1 fully saturated rings. The zero-order valence-corrected chi connectivity index (χ0v) is 13.7. The molecule has 1 atom stereocenters. The van der Waals surface area contributed by atoms with Crippen LogP contribution < -0.4 is 5.32 Å². The normalized spacial score (nSPS) is 23.1. The molecule has 1 aliphatic heterocycles. The van der Waals surface area contributed by atoms with Crippen molar-refractivity contribution in [3.63, 3.8) is 0 Å². The average molecular weight is 294 g/mol. The number of furan rings is 1. The lowest BCUT2D eigenvalue weighted by atomic mass is 9.81. The lowest BCUT2D eigenvalue weighted by Gasteiger charge is -2.40. The fourth-order valence-corrected chi connectivity index (χ4v) is 3.18. The van der Waals surface area contributed by atoms with Crippen LogP contribution in [0.1, 0.15) is 32.3 Å². The Balaban J connectivity index is 1.88. The molecular weight excluding hydrogens is 264 g/mol. The Morgan fingerprint density at radius 3 is 2.90 bits per heavy atom. The molecule has 0 spiro atoms. The van der Waals surface area contributed by atoms with E-state index >= 15 is 0 Å². The Morgan fingerprint density at radius 2 is 2.29 bits per heavy atom. The standard InChI is InChI=1S/C17H30N2O2/c1-15(2)9-18-12-17(6-4-7-21-14-17)13-19(3)10-16-5-8-20-11-16/h5,8,11,15,18H,4,6-7,9-10,12-14H2,1-3H3. The lowest BCUT2D eigenvalue weighted by molar-refractivity contribution is -0.0239. The van der Waals surface area contributed by atoms with Gasteiger partial charge in [0, 0.05) is 37.2 Å². The zero-order chi connectivity index (χ0) is 15.1. The summed E-state index contributed by atoms with van der Waals surface area (Å²) in [6.45, 7) is 10.4. The summed E-state index contributed by atoms with van der Waals surface area (Å²) in [5.74, 6) is 0.690.